The number of aromatic nitrogens is 3. The summed E-state index contributed by atoms with van der Waals surface area (Å²) in [7, 11) is 0. The average Bonchev–Trinajstić information content (AvgIpc) is 2.92. The van der Waals surface area contributed by atoms with Crippen molar-refractivity contribution in [3.05, 3.63) is 54.6 Å². The number of phenolic OH excluding ortho intramolecular Hbond substituents is 1. The van der Waals surface area contributed by atoms with Crippen LogP contribution in [0.4, 0.5) is 0 Å². The van der Waals surface area contributed by atoms with Gasteiger partial charge < -0.3 is 5.11 Å². The molecule has 0 aliphatic carbocycles. The van der Waals surface area contributed by atoms with E-state index in [1.165, 1.54) is 11.8 Å². The van der Waals surface area contributed by atoms with Crippen LogP contribution in [0.5, 0.6) is 5.75 Å². The third-order valence-corrected chi connectivity index (χ3v) is 3.60. The van der Waals surface area contributed by atoms with Gasteiger partial charge in [-0.25, -0.2) is 0 Å². The Morgan fingerprint density at radius 3 is 2.35 bits per heavy atom. The van der Waals surface area contributed by atoms with E-state index >= 15 is 0 Å². The number of benzene rings is 2. The predicted octanol–water partition coefficient (Wildman–Crippen LogP) is 3.36. The van der Waals surface area contributed by atoms with Crippen LogP contribution in [0.25, 0.3) is 17.1 Å². The molecule has 0 aliphatic rings. The van der Waals surface area contributed by atoms with E-state index in [-0.39, 0.29) is 5.75 Å². The molecule has 1 heterocycles. The lowest BCUT2D eigenvalue weighted by molar-refractivity contribution is 0.476. The monoisotopic (exact) mass is 283 g/mol. The summed E-state index contributed by atoms with van der Waals surface area (Å²) in [6.45, 7) is 0. The Morgan fingerprint density at radius 1 is 0.950 bits per heavy atom. The van der Waals surface area contributed by atoms with Crippen molar-refractivity contribution in [3.8, 4) is 22.8 Å². The van der Waals surface area contributed by atoms with E-state index in [0.29, 0.717) is 11.4 Å². The first-order valence-corrected chi connectivity index (χ1v) is 7.37. The summed E-state index contributed by atoms with van der Waals surface area (Å²) in [5, 5.41) is 19.2. The fraction of sp³-hybridized carbons (Fsp3) is 0.0667. The van der Waals surface area contributed by atoms with Gasteiger partial charge in [-0.1, -0.05) is 42.1 Å². The minimum absolute atomic E-state index is 0.199. The zero-order valence-corrected chi connectivity index (χ0v) is 11.7. The lowest BCUT2D eigenvalue weighted by atomic mass is 10.2. The number of phenols is 1. The molecule has 5 heteroatoms. The topological polar surface area (TPSA) is 50.9 Å². The molecule has 1 aromatic heterocycles. The quantitative estimate of drug-likeness (QED) is 0.749. The summed E-state index contributed by atoms with van der Waals surface area (Å²) in [5.74, 6) is 0.836. The van der Waals surface area contributed by atoms with Crippen molar-refractivity contribution in [1.29, 1.82) is 0 Å². The van der Waals surface area contributed by atoms with Crippen LogP contribution < -0.4 is 0 Å². The van der Waals surface area contributed by atoms with E-state index in [1.54, 1.807) is 12.1 Å². The zero-order chi connectivity index (χ0) is 13.9. The maximum atomic E-state index is 10.0. The van der Waals surface area contributed by atoms with E-state index in [4.69, 9.17) is 0 Å². The summed E-state index contributed by atoms with van der Waals surface area (Å²) in [6.07, 6.45) is 1.96. The maximum absolute atomic E-state index is 10.0. The summed E-state index contributed by atoms with van der Waals surface area (Å²) in [6, 6.07) is 17.0. The Morgan fingerprint density at radius 2 is 1.65 bits per heavy atom. The van der Waals surface area contributed by atoms with Gasteiger partial charge in [0.15, 0.2) is 11.0 Å². The number of rotatable bonds is 3. The molecule has 0 spiro atoms. The Bertz CT molecular complexity index is 725. The molecule has 3 aromatic rings. The fourth-order valence-corrected chi connectivity index (χ4v) is 2.55. The Balaban J connectivity index is 2.24. The smallest absolute Gasteiger partial charge is 0.195 e. The minimum atomic E-state index is 0.199. The number of hydrogen-bond donors (Lipinski definition) is 1. The second-order valence-electron chi connectivity index (χ2n) is 4.20. The van der Waals surface area contributed by atoms with E-state index in [1.807, 2.05) is 53.3 Å². The van der Waals surface area contributed by atoms with Crippen molar-refractivity contribution < 1.29 is 5.11 Å². The van der Waals surface area contributed by atoms with Gasteiger partial charge in [0, 0.05) is 5.69 Å². The largest absolute Gasteiger partial charge is 0.507 e. The standard InChI is InChI=1S/C15H13N3OS/c1-20-15-17-16-14(12-9-5-6-10-13(12)19)18(15)11-7-3-2-4-8-11/h2-10,19H,1H3. The molecule has 0 saturated carbocycles. The van der Waals surface area contributed by atoms with Gasteiger partial charge in [0.25, 0.3) is 0 Å². The van der Waals surface area contributed by atoms with Crippen LogP contribution in [0, 0.1) is 0 Å². The molecule has 1 N–H and O–H groups in total. The van der Waals surface area contributed by atoms with Gasteiger partial charge in [-0.2, -0.15) is 0 Å². The highest BCUT2D eigenvalue weighted by molar-refractivity contribution is 7.98. The van der Waals surface area contributed by atoms with Crippen molar-refractivity contribution in [2.24, 2.45) is 0 Å². The molecular formula is C15H13N3OS. The summed E-state index contributed by atoms with van der Waals surface area (Å²) in [4.78, 5) is 0. The van der Waals surface area contributed by atoms with Gasteiger partial charge in [-0.05, 0) is 30.5 Å². The van der Waals surface area contributed by atoms with Crippen LogP contribution in [0.2, 0.25) is 0 Å². The molecule has 0 aliphatic heterocycles. The van der Waals surface area contributed by atoms with E-state index in [9.17, 15) is 5.11 Å². The first-order valence-electron chi connectivity index (χ1n) is 6.14. The third kappa shape index (κ3) is 2.16. The van der Waals surface area contributed by atoms with Crippen LogP contribution in [0.1, 0.15) is 0 Å². The fourth-order valence-electron chi connectivity index (χ4n) is 2.05. The third-order valence-electron chi connectivity index (χ3n) is 2.98. The van der Waals surface area contributed by atoms with Crippen molar-refractivity contribution >= 4 is 11.8 Å². The highest BCUT2D eigenvalue weighted by Gasteiger charge is 2.16. The molecule has 0 saturated heterocycles. The molecule has 0 bridgehead atoms. The molecular weight excluding hydrogens is 270 g/mol. The van der Waals surface area contributed by atoms with E-state index < -0.39 is 0 Å². The second kappa shape index (κ2) is 5.38. The summed E-state index contributed by atoms with van der Waals surface area (Å²) < 4.78 is 1.94. The van der Waals surface area contributed by atoms with Crippen LogP contribution >= 0.6 is 11.8 Å². The number of para-hydroxylation sites is 2. The van der Waals surface area contributed by atoms with Crippen molar-refractivity contribution in [1.82, 2.24) is 14.8 Å². The summed E-state index contributed by atoms with van der Waals surface area (Å²) >= 11 is 1.52. The lowest BCUT2D eigenvalue weighted by Crippen LogP contribution is -1.99. The number of aromatic hydroxyl groups is 1. The van der Waals surface area contributed by atoms with Gasteiger partial charge in [0.2, 0.25) is 0 Å². The van der Waals surface area contributed by atoms with Gasteiger partial charge in [-0.3, -0.25) is 4.57 Å². The zero-order valence-electron chi connectivity index (χ0n) is 10.9. The van der Waals surface area contributed by atoms with Crippen LogP contribution in [-0.2, 0) is 0 Å². The predicted molar refractivity (Wildman–Crippen MR) is 80.2 cm³/mol. The van der Waals surface area contributed by atoms with Crippen molar-refractivity contribution in [3.63, 3.8) is 0 Å². The second-order valence-corrected chi connectivity index (χ2v) is 4.97. The normalized spacial score (nSPS) is 10.7. The lowest BCUT2D eigenvalue weighted by Gasteiger charge is -2.10. The van der Waals surface area contributed by atoms with Crippen molar-refractivity contribution in [2.45, 2.75) is 5.16 Å². The molecule has 0 fully saturated rings. The van der Waals surface area contributed by atoms with Gasteiger partial charge in [0.05, 0.1) is 5.56 Å². The van der Waals surface area contributed by atoms with Crippen LogP contribution in [0.3, 0.4) is 0 Å². The number of thioether (sulfide) groups is 1. The maximum Gasteiger partial charge on any atom is 0.195 e. The molecule has 3 rings (SSSR count). The van der Waals surface area contributed by atoms with Gasteiger partial charge in [0.1, 0.15) is 5.75 Å². The van der Waals surface area contributed by atoms with Gasteiger partial charge in [-0.15, -0.1) is 10.2 Å². The highest BCUT2D eigenvalue weighted by atomic mass is 32.2. The first kappa shape index (κ1) is 12.7. The van der Waals surface area contributed by atoms with Gasteiger partial charge >= 0.3 is 0 Å². The molecule has 0 radical (unpaired) electrons. The Kier molecular flexibility index (Phi) is 3.43. The molecule has 2 aromatic carbocycles. The van der Waals surface area contributed by atoms with Crippen LogP contribution in [-0.4, -0.2) is 26.1 Å². The Hall–Kier alpha value is -2.27. The van der Waals surface area contributed by atoms with Crippen molar-refractivity contribution in [2.75, 3.05) is 6.26 Å². The highest BCUT2D eigenvalue weighted by Crippen LogP contribution is 2.31. The number of hydrogen-bond acceptors (Lipinski definition) is 4. The Labute approximate surface area is 121 Å². The molecule has 0 atom stereocenters. The molecule has 4 nitrogen and oxygen atoms in total. The number of nitrogens with zero attached hydrogens (tertiary/aromatic N) is 3. The molecule has 20 heavy (non-hydrogen) atoms. The van der Waals surface area contributed by atoms with E-state index in [2.05, 4.69) is 10.2 Å². The first-order chi connectivity index (χ1) is 9.81. The SMILES string of the molecule is CSc1nnc(-c2ccccc2O)n1-c1ccccc1. The minimum Gasteiger partial charge on any atom is -0.507 e. The van der Waals surface area contributed by atoms with E-state index in [0.717, 1.165) is 10.8 Å². The van der Waals surface area contributed by atoms with Crippen LogP contribution in [0.15, 0.2) is 59.8 Å². The average molecular weight is 283 g/mol. The molecule has 0 amide bonds. The molecule has 100 valence electrons. The molecule has 0 unspecified atom stereocenters. The summed E-state index contributed by atoms with van der Waals surface area (Å²) in [5.41, 5.74) is 1.64.